The number of halogens is 4. The van der Waals surface area contributed by atoms with Gasteiger partial charge < -0.3 is 0 Å². The number of aryl methyl sites for hydroxylation is 2. The van der Waals surface area contributed by atoms with Gasteiger partial charge in [0.15, 0.2) is 0 Å². The molecule has 2 rings (SSSR count). The quantitative estimate of drug-likeness (QED) is 0.505. The highest BCUT2D eigenvalue weighted by molar-refractivity contribution is 6.33. The third kappa shape index (κ3) is 5.01. The van der Waals surface area contributed by atoms with Gasteiger partial charge in [-0.2, -0.15) is 13.2 Å². The molecule has 0 radical (unpaired) electrons. The Balaban J connectivity index is 2.54. The molecule has 0 unspecified atom stereocenters. The van der Waals surface area contributed by atoms with Crippen LogP contribution >= 0.6 is 11.6 Å². The van der Waals surface area contributed by atoms with Crippen LogP contribution in [0.2, 0.25) is 5.02 Å². The molecule has 1 heterocycles. The molecule has 0 amide bonds. The number of rotatable bonds is 7. The first-order valence-electron chi connectivity index (χ1n) is 9.50. The molecule has 2 aromatic rings. The highest BCUT2D eigenvalue weighted by Crippen LogP contribution is 2.36. The third-order valence-electron chi connectivity index (χ3n) is 4.98. The third-order valence-corrected chi connectivity index (χ3v) is 5.29. The Morgan fingerprint density at radius 3 is 2.04 bits per heavy atom. The summed E-state index contributed by atoms with van der Waals surface area (Å²) < 4.78 is 38.8. The van der Waals surface area contributed by atoms with E-state index < -0.39 is 11.7 Å². The molecule has 0 aliphatic carbocycles. The lowest BCUT2D eigenvalue weighted by Gasteiger charge is -2.18. The molecule has 1 aromatic heterocycles. The zero-order chi connectivity index (χ0) is 20.2. The van der Waals surface area contributed by atoms with Gasteiger partial charge in [-0.15, -0.1) is 0 Å². The molecular weight excluding hydrogens is 373 g/mol. The summed E-state index contributed by atoms with van der Waals surface area (Å²) in [5.41, 5.74) is 2.98. The van der Waals surface area contributed by atoms with E-state index in [-0.39, 0.29) is 5.02 Å². The molecule has 0 fully saturated rings. The normalized spacial score (nSPS) is 12.0. The van der Waals surface area contributed by atoms with Crippen molar-refractivity contribution < 1.29 is 13.2 Å². The van der Waals surface area contributed by atoms with Crippen LogP contribution in [-0.4, -0.2) is 9.97 Å². The van der Waals surface area contributed by atoms with E-state index in [1.807, 2.05) is 13.8 Å². The molecule has 6 heteroatoms. The van der Waals surface area contributed by atoms with E-state index in [0.29, 0.717) is 23.6 Å². The number of alkyl halides is 3. The van der Waals surface area contributed by atoms with Gasteiger partial charge in [0.05, 0.1) is 33.4 Å². The Labute approximate surface area is 164 Å². The lowest BCUT2D eigenvalue weighted by molar-refractivity contribution is -0.137. The fraction of sp³-hybridized carbons (Fsp3) is 0.524. The summed E-state index contributed by atoms with van der Waals surface area (Å²) in [6.07, 6.45) is -0.0335. The van der Waals surface area contributed by atoms with Gasteiger partial charge in [-0.25, -0.2) is 4.98 Å². The Morgan fingerprint density at radius 1 is 0.926 bits per heavy atom. The maximum Gasteiger partial charge on any atom is 0.416 e. The van der Waals surface area contributed by atoms with Gasteiger partial charge in [0.25, 0.3) is 0 Å². The van der Waals surface area contributed by atoms with E-state index in [1.165, 1.54) is 6.07 Å². The van der Waals surface area contributed by atoms with E-state index >= 15 is 0 Å². The zero-order valence-corrected chi connectivity index (χ0v) is 17.0. The molecule has 27 heavy (non-hydrogen) atoms. The first-order chi connectivity index (χ1) is 12.7. The fourth-order valence-electron chi connectivity index (χ4n) is 3.19. The molecule has 0 aliphatic rings. The lowest BCUT2D eigenvalue weighted by Crippen LogP contribution is -2.12. The number of benzene rings is 1. The molecule has 148 valence electrons. The molecule has 0 saturated heterocycles. The number of hydrogen-bond acceptors (Lipinski definition) is 2. The molecule has 0 spiro atoms. The van der Waals surface area contributed by atoms with E-state index in [4.69, 9.17) is 21.6 Å². The molecule has 1 aromatic carbocycles. The Hall–Kier alpha value is -1.62. The van der Waals surface area contributed by atoms with Crippen molar-refractivity contribution in [3.63, 3.8) is 0 Å². The van der Waals surface area contributed by atoms with Crippen LogP contribution in [0.15, 0.2) is 18.2 Å². The van der Waals surface area contributed by atoms with Crippen molar-refractivity contribution in [3.8, 4) is 11.3 Å². The first-order valence-corrected chi connectivity index (χ1v) is 9.88. The zero-order valence-electron chi connectivity index (χ0n) is 16.3. The minimum Gasteiger partial charge on any atom is -0.254 e. The van der Waals surface area contributed by atoms with Crippen molar-refractivity contribution in [1.29, 1.82) is 0 Å². The van der Waals surface area contributed by atoms with Gasteiger partial charge in [-0.05, 0) is 37.3 Å². The van der Waals surface area contributed by atoms with Crippen LogP contribution in [0.5, 0.6) is 0 Å². The monoisotopic (exact) mass is 398 g/mol. The van der Waals surface area contributed by atoms with Crippen molar-refractivity contribution in [2.45, 2.75) is 66.0 Å². The predicted molar refractivity (Wildman–Crippen MR) is 104 cm³/mol. The van der Waals surface area contributed by atoms with E-state index in [9.17, 15) is 13.2 Å². The van der Waals surface area contributed by atoms with E-state index in [1.54, 1.807) is 0 Å². The highest BCUT2D eigenvalue weighted by Gasteiger charge is 2.31. The van der Waals surface area contributed by atoms with Gasteiger partial charge in [0.1, 0.15) is 0 Å². The second-order valence-electron chi connectivity index (χ2n) is 6.70. The molecule has 0 aliphatic heterocycles. The minimum atomic E-state index is -4.42. The average molecular weight is 399 g/mol. The number of aromatic nitrogens is 2. The summed E-state index contributed by atoms with van der Waals surface area (Å²) >= 11 is 6.20. The second-order valence-corrected chi connectivity index (χ2v) is 7.11. The molecular formula is C21H26ClF3N2. The van der Waals surface area contributed by atoms with Gasteiger partial charge in [0, 0.05) is 5.56 Å². The highest BCUT2D eigenvalue weighted by atomic mass is 35.5. The van der Waals surface area contributed by atoms with Gasteiger partial charge >= 0.3 is 6.18 Å². The van der Waals surface area contributed by atoms with Crippen molar-refractivity contribution in [3.05, 3.63) is 45.9 Å². The number of nitrogens with zero attached hydrogens (tertiary/aromatic N) is 2. The van der Waals surface area contributed by atoms with Gasteiger partial charge in [-0.1, -0.05) is 58.2 Å². The summed E-state index contributed by atoms with van der Waals surface area (Å²) in [4.78, 5) is 9.62. The van der Waals surface area contributed by atoms with Crippen LogP contribution in [-0.2, 0) is 25.4 Å². The Kier molecular flexibility index (Phi) is 7.26. The van der Waals surface area contributed by atoms with Crippen LogP contribution in [0.1, 0.15) is 63.2 Å². The van der Waals surface area contributed by atoms with Crippen LogP contribution in [0.4, 0.5) is 13.2 Å². The molecule has 2 nitrogen and oxygen atoms in total. The fourth-order valence-corrected chi connectivity index (χ4v) is 3.46. The first kappa shape index (κ1) is 21.7. The Bertz CT molecular complexity index is 784. The maximum absolute atomic E-state index is 12.9. The van der Waals surface area contributed by atoms with Crippen LogP contribution in [0, 0.1) is 5.92 Å². The van der Waals surface area contributed by atoms with Crippen molar-refractivity contribution in [2.24, 2.45) is 5.92 Å². The molecule has 0 bridgehead atoms. The van der Waals surface area contributed by atoms with Gasteiger partial charge in [-0.3, -0.25) is 4.98 Å². The Morgan fingerprint density at radius 2 is 1.56 bits per heavy atom. The van der Waals surface area contributed by atoms with E-state index in [2.05, 4.69) is 13.8 Å². The predicted octanol–water partition coefficient (Wildman–Crippen LogP) is 6.92. The lowest BCUT2D eigenvalue weighted by atomic mass is 9.95. The summed E-state index contributed by atoms with van der Waals surface area (Å²) in [6.45, 7) is 8.33. The second kappa shape index (κ2) is 9.05. The van der Waals surface area contributed by atoms with Crippen molar-refractivity contribution >= 4 is 11.6 Å². The maximum atomic E-state index is 12.9. The largest absolute Gasteiger partial charge is 0.416 e. The summed E-state index contributed by atoms with van der Waals surface area (Å²) in [7, 11) is 0. The smallest absolute Gasteiger partial charge is 0.254 e. The van der Waals surface area contributed by atoms with Gasteiger partial charge in [0.2, 0.25) is 0 Å². The van der Waals surface area contributed by atoms with Crippen LogP contribution in [0.3, 0.4) is 0 Å². The minimum absolute atomic E-state index is 0.0450. The summed E-state index contributed by atoms with van der Waals surface area (Å²) in [5.74, 6) is 0.551. The summed E-state index contributed by atoms with van der Waals surface area (Å²) in [5, 5.41) is 0.0450. The molecule has 0 atom stereocenters. The van der Waals surface area contributed by atoms with Crippen molar-refractivity contribution in [2.75, 3.05) is 0 Å². The van der Waals surface area contributed by atoms with E-state index in [0.717, 1.165) is 54.9 Å². The standard InChI is InChI=1S/C21H26ClF3N2/c1-5-13(6-2)11-19-17(7-3)27-20(18(8-4)26-19)15-10-9-14(12-16(15)22)21(23,24)25/h9-10,12-13H,5-8,11H2,1-4H3. The van der Waals surface area contributed by atoms with Crippen LogP contribution in [0.25, 0.3) is 11.3 Å². The number of hydrogen-bond donors (Lipinski definition) is 0. The van der Waals surface area contributed by atoms with Crippen molar-refractivity contribution in [1.82, 2.24) is 9.97 Å². The van der Waals surface area contributed by atoms with Crippen LogP contribution < -0.4 is 0 Å². The SMILES string of the molecule is CCc1nc(-c2ccc(C(F)(F)F)cc2Cl)c(CC)nc1CC(CC)CC. The topological polar surface area (TPSA) is 25.8 Å². The summed E-state index contributed by atoms with van der Waals surface area (Å²) in [6, 6.07) is 3.40. The average Bonchev–Trinajstić information content (AvgIpc) is 2.64. The molecule has 0 saturated carbocycles. The molecule has 0 N–H and O–H groups in total.